The van der Waals surface area contributed by atoms with E-state index in [2.05, 4.69) is 16.9 Å². The Morgan fingerprint density at radius 1 is 1.17 bits per heavy atom. The lowest BCUT2D eigenvalue weighted by molar-refractivity contribution is -0.130. The fraction of sp³-hybridized carbons (Fsp3) is 0.375. The van der Waals surface area contributed by atoms with E-state index >= 15 is 0 Å². The summed E-state index contributed by atoms with van der Waals surface area (Å²) in [7, 11) is 0. The van der Waals surface area contributed by atoms with E-state index in [9.17, 15) is 9.59 Å². The standard InChI is InChI=1S/C24H27N3O2S/c1-2-15-25-24-27(18-11-4-3-5-12-18)23(29)21(30-24)16-22(28)26-20-14-8-10-17-9-6-7-13-19(17)20/h2,6-10,13-14,18,21H,1,3-5,11-12,15-16H2,(H,26,28). The van der Waals surface area contributed by atoms with Crippen molar-refractivity contribution in [2.24, 2.45) is 4.99 Å². The molecule has 6 heteroatoms. The van der Waals surface area contributed by atoms with Crippen molar-refractivity contribution in [3.05, 3.63) is 55.1 Å². The van der Waals surface area contributed by atoms with Gasteiger partial charge >= 0.3 is 0 Å². The lowest BCUT2D eigenvalue weighted by Gasteiger charge is -2.30. The summed E-state index contributed by atoms with van der Waals surface area (Å²) < 4.78 is 0. The van der Waals surface area contributed by atoms with Gasteiger partial charge in [-0.1, -0.05) is 73.5 Å². The molecule has 2 amide bonds. The summed E-state index contributed by atoms with van der Waals surface area (Å²) in [4.78, 5) is 32.4. The van der Waals surface area contributed by atoms with Crippen LogP contribution in [0.15, 0.2) is 60.1 Å². The Morgan fingerprint density at radius 2 is 1.93 bits per heavy atom. The monoisotopic (exact) mass is 421 g/mol. The molecule has 0 radical (unpaired) electrons. The van der Waals surface area contributed by atoms with Crippen molar-refractivity contribution in [3.8, 4) is 0 Å². The number of rotatable bonds is 6. The molecule has 1 aliphatic heterocycles. The first-order valence-corrected chi connectivity index (χ1v) is 11.5. The second-order valence-electron chi connectivity index (χ2n) is 7.80. The predicted octanol–water partition coefficient (Wildman–Crippen LogP) is 4.99. The van der Waals surface area contributed by atoms with E-state index in [1.807, 2.05) is 47.4 Å². The lowest BCUT2D eigenvalue weighted by atomic mass is 9.94. The molecule has 0 spiro atoms. The van der Waals surface area contributed by atoms with Gasteiger partial charge in [0.1, 0.15) is 5.25 Å². The van der Waals surface area contributed by atoms with Crippen LogP contribution in [-0.2, 0) is 9.59 Å². The van der Waals surface area contributed by atoms with Crippen molar-refractivity contribution in [1.82, 2.24) is 4.90 Å². The van der Waals surface area contributed by atoms with Crippen LogP contribution in [0.5, 0.6) is 0 Å². The molecule has 1 unspecified atom stereocenters. The van der Waals surface area contributed by atoms with Gasteiger partial charge in [0.15, 0.2) is 5.17 Å². The molecule has 156 valence electrons. The number of thioether (sulfide) groups is 1. The number of nitrogens with one attached hydrogen (secondary N) is 1. The average molecular weight is 422 g/mol. The van der Waals surface area contributed by atoms with Gasteiger partial charge in [0.25, 0.3) is 0 Å². The molecule has 2 fully saturated rings. The van der Waals surface area contributed by atoms with Crippen LogP contribution in [0.25, 0.3) is 10.8 Å². The number of carbonyl (C=O) groups excluding carboxylic acids is 2. The number of hydrogen-bond acceptors (Lipinski definition) is 4. The maximum Gasteiger partial charge on any atom is 0.242 e. The Labute approximate surface area is 181 Å². The summed E-state index contributed by atoms with van der Waals surface area (Å²) in [5.41, 5.74) is 0.776. The van der Waals surface area contributed by atoms with Crippen molar-refractivity contribution in [2.75, 3.05) is 11.9 Å². The Balaban J connectivity index is 1.48. The third kappa shape index (κ3) is 4.43. The van der Waals surface area contributed by atoms with E-state index in [-0.39, 0.29) is 24.3 Å². The lowest BCUT2D eigenvalue weighted by Crippen LogP contribution is -2.42. The molecule has 2 aromatic rings. The van der Waals surface area contributed by atoms with Crippen LogP contribution in [0.2, 0.25) is 0 Å². The molecular formula is C24H27N3O2S. The summed E-state index contributed by atoms with van der Waals surface area (Å²) >= 11 is 1.42. The Hall–Kier alpha value is -2.60. The topological polar surface area (TPSA) is 61.8 Å². The molecule has 2 aromatic carbocycles. The SMILES string of the molecule is C=CCN=C1SC(CC(=O)Nc2cccc3ccccc23)C(=O)N1C1CCCCC1. The van der Waals surface area contributed by atoms with E-state index in [1.165, 1.54) is 18.2 Å². The molecule has 2 aliphatic rings. The highest BCUT2D eigenvalue weighted by Gasteiger charge is 2.42. The summed E-state index contributed by atoms with van der Waals surface area (Å²) in [6.45, 7) is 4.21. The van der Waals surface area contributed by atoms with Crippen molar-refractivity contribution in [2.45, 2.75) is 49.8 Å². The fourth-order valence-electron chi connectivity index (χ4n) is 4.25. The first-order chi connectivity index (χ1) is 14.7. The number of hydrogen-bond donors (Lipinski definition) is 1. The van der Waals surface area contributed by atoms with E-state index in [4.69, 9.17) is 0 Å². The second-order valence-corrected chi connectivity index (χ2v) is 8.97. The van der Waals surface area contributed by atoms with Gasteiger partial charge in [0.2, 0.25) is 11.8 Å². The van der Waals surface area contributed by atoms with Crippen molar-refractivity contribution >= 4 is 45.2 Å². The zero-order chi connectivity index (χ0) is 20.9. The highest BCUT2D eigenvalue weighted by atomic mass is 32.2. The third-order valence-corrected chi connectivity index (χ3v) is 6.89. The molecule has 4 rings (SSSR count). The zero-order valence-electron chi connectivity index (χ0n) is 17.0. The maximum absolute atomic E-state index is 13.2. The van der Waals surface area contributed by atoms with Gasteiger partial charge < -0.3 is 5.32 Å². The minimum atomic E-state index is -0.425. The number of carbonyl (C=O) groups is 2. The van der Waals surface area contributed by atoms with Crippen molar-refractivity contribution in [3.63, 3.8) is 0 Å². The van der Waals surface area contributed by atoms with Crippen LogP contribution >= 0.6 is 11.8 Å². The minimum Gasteiger partial charge on any atom is -0.325 e. The molecule has 1 aliphatic carbocycles. The van der Waals surface area contributed by atoms with Gasteiger partial charge in [-0.25, -0.2) is 0 Å². The molecule has 1 atom stereocenters. The predicted molar refractivity (Wildman–Crippen MR) is 125 cm³/mol. The number of aliphatic imine (C=N–C) groups is 1. The third-order valence-electron chi connectivity index (χ3n) is 5.70. The number of nitrogens with zero attached hydrogens (tertiary/aromatic N) is 2. The van der Waals surface area contributed by atoms with E-state index in [0.717, 1.165) is 47.3 Å². The number of amides is 2. The highest BCUT2D eigenvalue weighted by molar-refractivity contribution is 8.15. The van der Waals surface area contributed by atoms with Gasteiger partial charge in [0, 0.05) is 23.5 Å². The van der Waals surface area contributed by atoms with Gasteiger partial charge in [-0.05, 0) is 24.3 Å². The number of amidine groups is 1. The molecule has 1 N–H and O–H groups in total. The van der Waals surface area contributed by atoms with Crippen molar-refractivity contribution in [1.29, 1.82) is 0 Å². The van der Waals surface area contributed by atoms with Crippen LogP contribution < -0.4 is 5.32 Å². The van der Waals surface area contributed by atoms with Gasteiger partial charge in [0.05, 0.1) is 6.54 Å². The maximum atomic E-state index is 13.2. The molecule has 1 saturated heterocycles. The molecule has 30 heavy (non-hydrogen) atoms. The molecule has 0 aromatic heterocycles. The number of anilines is 1. The summed E-state index contributed by atoms with van der Waals surface area (Å²) in [6.07, 6.45) is 7.39. The van der Waals surface area contributed by atoms with E-state index < -0.39 is 5.25 Å². The van der Waals surface area contributed by atoms with Crippen molar-refractivity contribution < 1.29 is 9.59 Å². The fourth-order valence-corrected chi connectivity index (χ4v) is 5.45. The van der Waals surface area contributed by atoms with Gasteiger partial charge in [-0.2, -0.15) is 0 Å². The first kappa shape index (κ1) is 20.7. The Bertz CT molecular complexity index is 976. The molecule has 1 saturated carbocycles. The van der Waals surface area contributed by atoms with Crippen LogP contribution in [-0.4, -0.2) is 39.7 Å². The van der Waals surface area contributed by atoms with Crippen LogP contribution in [0.4, 0.5) is 5.69 Å². The van der Waals surface area contributed by atoms with E-state index in [0.29, 0.717) is 6.54 Å². The normalized spacial score (nSPS) is 21.3. The Kier molecular flexibility index (Phi) is 6.53. The van der Waals surface area contributed by atoms with Crippen LogP contribution in [0.1, 0.15) is 38.5 Å². The van der Waals surface area contributed by atoms with E-state index in [1.54, 1.807) is 6.08 Å². The largest absolute Gasteiger partial charge is 0.325 e. The molecular weight excluding hydrogens is 394 g/mol. The Morgan fingerprint density at radius 3 is 2.73 bits per heavy atom. The smallest absolute Gasteiger partial charge is 0.242 e. The first-order valence-electron chi connectivity index (χ1n) is 10.6. The minimum absolute atomic E-state index is 0.0165. The molecule has 1 heterocycles. The molecule has 0 bridgehead atoms. The van der Waals surface area contributed by atoms with Gasteiger partial charge in [-0.3, -0.25) is 19.5 Å². The number of benzene rings is 2. The van der Waals surface area contributed by atoms with Gasteiger partial charge in [-0.15, -0.1) is 6.58 Å². The van der Waals surface area contributed by atoms with Crippen LogP contribution in [0.3, 0.4) is 0 Å². The summed E-state index contributed by atoms with van der Waals surface area (Å²) in [5, 5.41) is 5.39. The highest BCUT2D eigenvalue weighted by Crippen LogP contribution is 2.35. The second kappa shape index (κ2) is 9.47. The summed E-state index contributed by atoms with van der Waals surface area (Å²) in [5.74, 6) is -0.131. The van der Waals surface area contributed by atoms with Crippen LogP contribution in [0, 0.1) is 0 Å². The quantitative estimate of drug-likeness (QED) is 0.669. The zero-order valence-corrected chi connectivity index (χ0v) is 17.9. The molecule has 5 nitrogen and oxygen atoms in total. The summed E-state index contributed by atoms with van der Waals surface area (Å²) in [6, 6.07) is 14.0. The average Bonchev–Trinajstić information content (AvgIpc) is 3.08. The number of fused-ring (bicyclic) bond motifs is 1.